The highest BCUT2D eigenvalue weighted by Gasteiger charge is 2.27. The first-order chi connectivity index (χ1) is 22.6. The molecule has 0 unspecified atom stereocenters. The highest BCUT2D eigenvalue weighted by molar-refractivity contribution is 5.96. The Morgan fingerprint density at radius 1 is 1.18 bits per heavy atom. The number of pyridine rings is 1. The number of piperidine rings is 1. The summed E-state index contributed by atoms with van der Waals surface area (Å²) < 4.78 is 61.0. The molecular weight excluding hydrogens is 565 g/mol. The molecule has 10 nitrogen and oxygen atoms in total. The van der Waals surface area contributed by atoms with Crippen LogP contribution >= 0.6 is 0 Å². The van der Waals surface area contributed by atoms with Crippen molar-refractivity contribution in [1.29, 1.82) is 5.26 Å². The number of nitriles is 1. The number of benzene rings is 2. The lowest BCUT2D eigenvalue weighted by atomic mass is 9.93. The first kappa shape index (κ1) is 25.9. The quantitative estimate of drug-likeness (QED) is 0.232. The SMILES string of the molecule is [2H]C([2H])([2H])Oc1cc(C(=O)OC)cc2c1nc(CN1CCC(c3cccc(OCc4ccc(C#N)cc4F)n3)CC1)n2C[C@@H]1CCO1. The van der Waals surface area contributed by atoms with Crippen molar-refractivity contribution in [3.63, 3.8) is 0 Å². The van der Waals surface area contributed by atoms with E-state index in [1.807, 2.05) is 22.8 Å². The van der Waals surface area contributed by atoms with Gasteiger partial charge in [-0.15, -0.1) is 0 Å². The van der Waals surface area contributed by atoms with Gasteiger partial charge in [-0.3, -0.25) is 4.90 Å². The van der Waals surface area contributed by atoms with E-state index in [1.54, 1.807) is 24.3 Å². The number of fused-ring (bicyclic) bond motifs is 1. The lowest BCUT2D eigenvalue weighted by Crippen LogP contribution is -2.35. The van der Waals surface area contributed by atoms with E-state index in [0.29, 0.717) is 42.2 Å². The topological polar surface area (TPSA) is 112 Å². The number of halogens is 1. The van der Waals surface area contributed by atoms with Crippen molar-refractivity contribution in [2.24, 2.45) is 0 Å². The number of aromatic nitrogens is 3. The van der Waals surface area contributed by atoms with Crippen LogP contribution in [0.3, 0.4) is 0 Å². The second-order valence-electron chi connectivity index (χ2n) is 11.0. The highest BCUT2D eigenvalue weighted by Crippen LogP contribution is 2.32. The minimum absolute atomic E-state index is 0.000421. The molecule has 0 saturated carbocycles. The number of rotatable bonds is 10. The molecule has 0 aliphatic carbocycles. The Labute approximate surface area is 259 Å². The van der Waals surface area contributed by atoms with Gasteiger partial charge in [0.2, 0.25) is 5.88 Å². The number of likely N-dealkylation sites (tertiary alicyclic amines) is 1. The fraction of sp³-hybridized carbons (Fsp3) is 0.394. The minimum atomic E-state index is -2.74. The maximum atomic E-state index is 14.3. The number of ether oxygens (including phenoxy) is 4. The molecule has 6 rings (SSSR count). The molecule has 2 aromatic carbocycles. The number of carbonyl (C=O) groups is 1. The van der Waals surface area contributed by atoms with Crippen molar-refractivity contribution >= 4 is 17.0 Å². The van der Waals surface area contributed by atoms with E-state index in [4.69, 9.17) is 38.3 Å². The molecule has 1 atom stereocenters. The molecule has 0 spiro atoms. The predicted molar refractivity (Wildman–Crippen MR) is 159 cm³/mol. The van der Waals surface area contributed by atoms with E-state index in [9.17, 15) is 9.18 Å². The van der Waals surface area contributed by atoms with Crippen LogP contribution in [0.25, 0.3) is 11.0 Å². The van der Waals surface area contributed by atoms with Crippen LogP contribution in [-0.4, -0.2) is 65.4 Å². The van der Waals surface area contributed by atoms with Crippen LogP contribution in [-0.2, 0) is 29.2 Å². The molecule has 0 N–H and O–H groups in total. The maximum Gasteiger partial charge on any atom is 0.338 e. The highest BCUT2D eigenvalue weighted by atomic mass is 19.1. The number of nitrogens with zero attached hydrogens (tertiary/aromatic N) is 5. The lowest BCUT2D eigenvalue weighted by molar-refractivity contribution is -0.0592. The van der Waals surface area contributed by atoms with Crippen LogP contribution in [0.2, 0.25) is 0 Å². The molecule has 2 aliphatic heterocycles. The Morgan fingerprint density at radius 3 is 2.73 bits per heavy atom. The molecule has 0 bridgehead atoms. The first-order valence-corrected chi connectivity index (χ1v) is 14.5. The molecule has 228 valence electrons. The van der Waals surface area contributed by atoms with Crippen molar-refractivity contribution in [3.8, 4) is 17.7 Å². The number of methoxy groups -OCH3 is 2. The van der Waals surface area contributed by atoms with E-state index >= 15 is 0 Å². The predicted octanol–water partition coefficient (Wildman–Crippen LogP) is 4.98. The summed E-state index contributed by atoms with van der Waals surface area (Å²) in [5.41, 5.74) is 2.61. The number of carbonyl (C=O) groups excluding carboxylic acids is 1. The maximum absolute atomic E-state index is 14.3. The van der Waals surface area contributed by atoms with Gasteiger partial charge in [0.15, 0.2) is 0 Å². The summed E-state index contributed by atoms with van der Waals surface area (Å²) in [7, 11) is -1.47. The Morgan fingerprint density at radius 2 is 2.02 bits per heavy atom. The average molecular weight is 603 g/mol. The molecule has 0 radical (unpaired) electrons. The van der Waals surface area contributed by atoms with Crippen LogP contribution < -0.4 is 9.47 Å². The van der Waals surface area contributed by atoms with Crippen LogP contribution in [0, 0.1) is 17.1 Å². The van der Waals surface area contributed by atoms with E-state index in [-0.39, 0.29) is 35.5 Å². The molecule has 4 heterocycles. The average Bonchev–Trinajstić information content (AvgIpc) is 3.38. The molecule has 2 aromatic heterocycles. The first-order valence-electron chi connectivity index (χ1n) is 16.0. The second-order valence-corrected chi connectivity index (χ2v) is 11.0. The molecule has 2 aliphatic rings. The summed E-state index contributed by atoms with van der Waals surface area (Å²) in [4.78, 5) is 24.3. The summed E-state index contributed by atoms with van der Waals surface area (Å²) in [6.45, 7) is 3.21. The van der Waals surface area contributed by atoms with Crippen LogP contribution in [0.5, 0.6) is 11.6 Å². The molecule has 11 heteroatoms. The van der Waals surface area contributed by atoms with Crippen molar-refractivity contribution in [2.45, 2.75) is 51.0 Å². The zero-order valence-corrected chi connectivity index (χ0v) is 24.3. The lowest BCUT2D eigenvalue weighted by Gasteiger charge is -2.32. The Bertz CT molecular complexity index is 1810. The van der Waals surface area contributed by atoms with Crippen LogP contribution in [0.4, 0.5) is 4.39 Å². The standard InChI is InChI=1S/C33H34FN5O5/c1-41-29-16-24(33(40)42-2)15-28-32(29)37-30(39(28)18-25-10-13-43-25)19-38-11-8-22(9-12-38)27-4-3-5-31(36-27)44-20-23-7-6-21(17-35)14-26(23)34/h3-7,14-16,22,25H,8-13,18-20H2,1-2H3/t25-/m0/s1/i1D3. The van der Waals surface area contributed by atoms with Gasteiger partial charge in [-0.2, -0.15) is 5.26 Å². The molecular formula is C33H34FN5O5. The zero-order valence-electron chi connectivity index (χ0n) is 27.3. The third kappa shape index (κ3) is 6.23. The van der Waals surface area contributed by atoms with Crippen molar-refractivity contribution in [3.05, 3.63) is 82.6 Å². The van der Waals surface area contributed by atoms with Crippen molar-refractivity contribution < 1.29 is 32.2 Å². The van der Waals surface area contributed by atoms with Gasteiger partial charge in [0, 0.05) is 29.8 Å². The number of imidazole rings is 1. The fourth-order valence-corrected chi connectivity index (χ4v) is 5.72. The van der Waals surface area contributed by atoms with Gasteiger partial charge in [-0.25, -0.2) is 19.2 Å². The van der Waals surface area contributed by atoms with E-state index in [0.717, 1.165) is 43.9 Å². The van der Waals surface area contributed by atoms with Gasteiger partial charge < -0.3 is 23.5 Å². The fourth-order valence-electron chi connectivity index (χ4n) is 5.72. The summed E-state index contributed by atoms with van der Waals surface area (Å²) in [5, 5.41) is 8.96. The zero-order chi connectivity index (χ0) is 33.1. The Balaban J connectivity index is 1.17. The van der Waals surface area contributed by atoms with E-state index in [2.05, 4.69) is 4.90 Å². The summed E-state index contributed by atoms with van der Waals surface area (Å²) in [6.07, 6.45) is 2.55. The molecule has 4 aromatic rings. The smallest absolute Gasteiger partial charge is 0.338 e. The van der Waals surface area contributed by atoms with Gasteiger partial charge >= 0.3 is 5.97 Å². The largest absolute Gasteiger partial charge is 0.494 e. The van der Waals surface area contributed by atoms with Crippen molar-refractivity contribution in [2.75, 3.05) is 33.8 Å². The summed E-state index contributed by atoms with van der Waals surface area (Å²) in [6, 6.07) is 14.8. The Hall–Kier alpha value is -4.53. The monoisotopic (exact) mass is 602 g/mol. The van der Waals surface area contributed by atoms with E-state index in [1.165, 1.54) is 19.2 Å². The van der Waals surface area contributed by atoms with E-state index < -0.39 is 18.8 Å². The molecule has 44 heavy (non-hydrogen) atoms. The molecule has 2 saturated heterocycles. The summed E-state index contributed by atoms with van der Waals surface area (Å²) >= 11 is 0. The molecule has 2 fully saturated rings. The third-order valence-electron chi connectivity index (χ3n) is 8.28. The molecule has 0 amide bonds. The van der Waals surface area contributed by atoms with Gasteiger partial charge in [0.25, 0.3) is 0 Å². The van der Waals surface area contributed by atoms with Crippen LogP contribution in [0.15, 0.2) is 48.5 Å². The van der Waals surface area contributed by atoms with Crippen LogP contribution in [0.1, 0.15) is 62.3 Å². The number of hydrogen-bond donors (Lipinski definition) is 0. The van der Waals surface area contributed by atoms with Gasteiger partial charge in [0.05, 0.1) is 60.2 Å². The number of hydrogen-bond acceptors (Lipinski definition) is 9. The summed E-state index contributed by atoms with van der Waals surface area (Å²) in [5.74, 6) is 0.211. The number of esters is 1. The Kier molecular flexibility index (Phi) is 7.66. The van der Waals surface area contributed by atoms with Gasteiger partial charge in [0.1, 0.15) is 29.5 Å². The van der Waals surface area contributed by atoms with Gasteiger partial charge in [-0.1, -0.05) is 12.1 Å². The minimum Gasteiger partial charge on any atom is -0.494 e. The van der Waals surface area contributed by atoms with Gasteiger partial charge in [-0.05, 0) is 62.7 Å². The third-order valence-corrected chi connectivity index (χ3v) is 8.28. The normalized spacial score (nSPS) is 18.5. The second kappa shape index (κ2) is 13.0. The van der Waals surface area contributed by atoms with Crippen molar-refractivity contribution in [1.82, 2.24) is 19.4 Å².